The highest BCUT2D eigenvalue weighted by Gasteiger charge is 2.26. The van der Waals surface area contributed by atoms with Crippen LogP contribution in [-0.4, -0.2) is 31.1 Å². The molecule has 1 aromatic rings. The molecule has 3 rings (SSSR count). The van der Waals surface area contributed by atoms with Crippen molar-refractivity contribution in [3.63, 3.8) is 0 Å². The molecule has 0 radical (unpaired) electrons. The van der Waals surface area contributed by atoms with Crippen LogP contribution < -0.4 is 5.32 Å². The smallest absolute Gasteiger partial charge is 0.0473 e. The van der Waals surface area contributed by atoms with Gasteiger partial charge in [-0.1, -0.05) is 49.6 Å². The van der Waals surface area contributed by atoms with Crippen LogP contribution in [0.2, 0.25) is 0 Å². The molecule has 19 heavy (non-hydrogen) atoms. The molecule has 0 bridgehead atoms. The maximum atomic E-state index is 3.56. The lowest BCUT2D eigenvalue weighted by Crippen LogP contribution is -2.47. The largest absolute Gasteiger partial charge is 0.314 e. The summed E-state index contributed by atoms with van der Waals surface area (Å²) in [5, 5.41) is 3.56. The van der Waals surface area contributed by atoms with E-state index in [4.69, 9.17) is 0 Å². The maximum Gasteiger partial charge on any atom is 0.0473 e. The molecule has 0 aromatic heterocycles. The van der Waals surface area contributed by atoms with Crippen LogP contribution in [0.25, 0.3) is 0 Å². The number of hydrogen-bond donors (Lipinski definition) is 1. The minimum atomic E-state index is 0.580. The van der Waals surface area contributed by atoms with Crippen LogP contribution in [0.3, 0.4) is 0 Å². The van der Waals surface area contributed by atoms with Crippen LogP contribution in [0, 0.1) is 5.92 Å². The molecule has 1 heterocycles. The summed E-state index contributed by atoms with van der Waals surface area (Å²) in [6, 6.07) is 11.6. The van der Waals surface area contributed by atoms with Gasteiger partial charge in [0.15, 0.2) is 0 Å². The molecule has 0 spiro atoms. The van der Waals surface area contributed by atoms with Crippen molar-refractivity contribution < 1.29 is 0 Å². The second kappa shape index (κ2) is 6.53. The molecule has 2 aliphatic rings. The van der Waals surface area contributed by atoms with E-state index >= 15 is 0 Å². The van der Waals surface area contributed by atoms with Crippen LogP contribution >= 0.6 is 0 Å². The molecule has 0 amide bonds. The second-order valence-corrected chi connectivity index (χ2v) is 6.13. The SMILES string of the molecule is c1ccc(C2CNCCN2CC2CCCCC2)cc1. The van der Waals surface area contributed by atoms with Gasteiger partial charge in [0.1, 0.15) is 0 Å². The van der Waals surface area contributed by atoms with E-state index in [1.165, 1.54) is 50.8 Å². The van der Waals surface area contributed by atoms with Gasteiger partial charge in [0.05, 0.1) is 0 Å². The molecule has 1 aliphatic carbocycles. The van der Waals surface area contributed by atoms with Gasteiger partial charge >= 0.3 is 0 Å². The summed E-state index contributed by atoms with van der Waals surface area (Å²) in [5.74, 6) is 0.943. The highest BCUT2D eigenvalue weighted by molar-refractivity contribution is 5.20. The van der Waals surface area contributed by atoms with Gasteiger partial charge in [-0.05, 0) is 24.3 Å². The van der Waals surface area contributed by atoms with E-state index in [-0.39, 0.29) is 0 Å². The lowest BCUT2D eigenvalue weighted by molar-refractivity contribution is 0.123. The van der Waals surface area contributed by atoms with Gasteiger partial charge in [-0.2, -0.15) is 0 Å². The fourth-order valence-corrected chi connectivity index (χ4v) is 3.67. The number of piperazine rings is 1. The Morgan fingerprint density at radius 3 is 2.63 bits per heavy atom. The van der Waals surface area contributed by atoms with E-state index in [0.29, 0.717) is 6.04 Å². The van der Waals surface area contributed by atoms with E-state index in [0.717, 1.165) is 19.0 Å². The van der Waals surface area contributed by atoms with Gasteiger partial charge in [-0.3, -0.25) is 4.90 Å². The summed E-state index contributed by atoms with van der Waals surface area (Å²) in [6.45, 7) is 4.77. The van der Waals surface area contributed by atoms with Crippen molar-refractivity contribution in [1.82, 2.24) is 10.2 Å². The predicted octanol–water partition coefficient (Wildman–Crippen LogP) is 3.21. The molecule has 1 atom stereocenters. The van der Waals surface area contributed by atoms with Crippen molar-refractivity contribution in [3.8, 4) is 0 Å². The van der Waals surface area contributed by atoms with Crippen molar-refractivity contribution >= 4 is 0 Å². The first-order valence-corrected chi connectivity index (χ1v) is 7.93. The van der Waals surface area contributed by atoms with E-state index in [1.807, 2.05) is 0 Å². The third kappa shape index (κ3) is 3.37. The zero-order chi connectivity index (χ0) is 12.9. The summed E-state index contributed by atoms with van der Waals surface area (Å²) in [4.78, 5) is 2.72. The van der Waals surface area contributed by atoms with E-state index in [9.17, 15) is 0 Å². The van der Waals surface area contributed by atoms with Gasteiger partial charge < -0.3 is 5.32 Å². The average Bonchev–Trinajstić information content (AvgIpc) is 2.50. The number of rotatable bonds is 3. The molecule has 2 heteroatoms. The Bertz CT molecular complexity index is 370. The quantitative estimate of drug-likeness (QED) is 0.895. The van der Waals surface area contributed by atoms with Gasteiger partial charge in [0.25, 0.3) is 0 Å². The van der Waals surface area contributed by atoms with Crippen LogP contribution in [0.1, 0.15) is 43.7 Å². The first-order valence-electron chi connectivity index (χ1n) is 7.93. The van der Waals surface area contributed by atoms with Crippen molar-refractivity contribution in [3.05, 3.63) is 35.9 Å². The Kier molecular flexibility index (Phi) is 4.52. The Balaban J connectivity index is 1.66. The Morgan fingerprint density at radius 1 is 1.05 bits per heavy atom. The van der Waals surface area contributed by atoms with Gasteiger partial charge in [0, 0.05) is 32.2 Å². The third-order valence-corrected chi connectivity index (χ3v) is 4.76. The minimum Gasteiger partial charge on any atom is -0.314 e. The summed E-state index contributed by atoms with van der Waals surface area (Å²) in [6.07, 6.45) is 7.26. The third-order valence-electron chi connectivity index (χ3n) is 4.76. The molecular weight excluding hydrogens is 232 g/mol. The van der Waals surface area contributed by atoms with Crippen molar-refractivity contribution in [2.75, 3.05) is 26.2 Å². The summed E-state index contributed by atoms with van der Waals surface area (Å²) >= 11 is 0. The van der Waals surface area contributed by atoms with Crippen LogP contribution in [0.5, 0.6) is 0 Å². The first-order chi connectivity index (χ1) is 9.43. The van der Waals surface area contributed by atoms with Crippen molar-refractivity contribution in [1.29, 1.82) is 0 Å². The number of benzene rings is 1. The normalized spacial score (nSPS) is 26.4. The lowest BCUT2D eigenvalue weighted by Gasteiger charge is -2.39. The fraction of sp³-hybridized carbons (Fsp3) is 0.647. The molecule has 1 N–H and O–H groups in total. The summed E-state index contributed by atoms with van der Waals surface area (Å²) in [5.41, 5.74) is 1.48. The fourth-order valence-electron chi connectivity index (χ4n) is 3.67. The highest BCUT2D eigenvalue weighted by atomic mass is 15.2. The summed E-state index contributed by atoms with van der Waals surface area (Å²) in [7, 11) is 0. The first kappa shape index (κ1) is 13.1. The van der Waals surface area contributed by atoms with E-state index in [2.05, 4.69) is 40.5 Å². The van der Waals surface area contributed by atoms with E-state index in [1.54, 1.807) is 0 Å². The Hall–Kier alpha value is -0.860. The zero-order valence-electron chi connectivity index (χ0n) is 11.9. The number of nitrogens with one attached hydrogen (secondary N) is 1. The lowest BCUT2D eigenvalue weighted by atomic mass is 9.88. The Labute approximate surface area is 117 Å². The van der Waals surface area contributed by atoms with Crippen LogP contribution in [0.15, 0.2) is 30.3 Å². The molecule has 1 aliphatic heterocycles. The zero-order valence-corrected chi connectivity index (χ0v) is 11.9. The number of nitrogens with zero attached hydrogens (tertiary/aromatic N) is 1. The van der Waals surface area contributed by atoms with Gasteiger partial charge in [-0.15, -0.1) is 0 Å². The molecule has 1 saturated heterocycles. The molecule has 2 fully saturated rings. The molecular formula is C17H26N2. The Morgan fingerprint density at radius 2 is 1.84 bits per heavy atom. The van der Waals surface area contributed by atoms with Crippen molar-refractivity contribution in [2.45, 2.75) is 38.1 Å². The van der Waals surface area contributed by atoms with Crippen LogP contribution in [0.4, 0.5) is 0 Å². The maximum absolute atomic E-state index is 3.56. The summed E-state index contributed by atoms with van der Waals surface area (Å²) < 4.78 is 0. The topological polar surface area (TPSA) is 15.3 Å². The molecule has 104 valence electrons. The van der Waals surface area contributed by atoms with Crippen LogP contribution in [-0.2, 0) is 0 Å². The van der Waals surface area contributed by atoms with Crippen molar-refractivity contribution in [2.24, 2.45) is 5.92 Å². The van der Waals surface area contributed by atoms with Gasteiger partial charge in [0.2, 0.25) is 0 Å². The number of hydrogen-bond acceptors (Lipinski definition) is 2. The monoisotopic (exact) mass is 258 g/mol. The molecule has 1 saturated carbocycles. The predicted molar refractivity (Wildman–Crippen MR) is 80.2 cm³/mol. The highest BCUT2D eigenvalue weighted by Crippen LogP contribution is 2.28. The minimum absolute atomic E-state index is 0.580. The average molecular weight is 258 g/mol. The standard InChI is InChI=1S/C17H26N2/c1-3-7-15(8-4-1)14-19-12-11-18-13-17(19)16-9-5-2-6-10-16/h2,5-6,9-10,15,17-18H,1,3-4,7-8,11-14H2. The van der Waals surface area contributed by atoms with E-state index < -0.39 is 0 Å². The van der Waals surface area contributed by atoms with Gasteiger partial charge in [-0.25, -0.2) is 0 Å². The molecule has 1 aromatic carbocycles. The second-order valence-electron chi connectivity index (χ2n) is 6.13. The molecule has 2 nitrogen and oxygen atoms in total. The molecule has 1 unspecified atom stereocenters.